The molecule has 0 bridgehead atoms. The molecule has 0 saturated carbocycles. The van der Waals surface area contributed by atoms with Crippen LogP contribution in [0.3, 0.4) is 0 Å². The number of hydrogen-bond donors (Lipinski definition) is 0. The predicted molar refractivity (Wildman–Crippen MR) is 135 cm³/mol. The second kappa shape index (κ2) is 6.68. The molecule has 0 aromatic heterocycles. The zero-order valence-electron chi connectivity index (χ0n) is 19.5. The highest BCUT2D eigenvalue weighted by Crippen LogP contribution is 2.52. The Hall–Kier alpha value is -3.65. The first-order valence-corrected chi connectivity index (χ1v) is 11.6. The predicted octanol–water partition coefficient (Wildman–Crippen LogP) is 7.67. The van der Waals surface area contributed by atoms with Gasteiger partial charge in [0.25, 0.3) is 0 Å². The van der Waals surface area contributed by atoms with Crippen LogP contribution in [0, 0.1) is 0 Å². The summed E-state index contributed by atoms with van der Waals surface area (Å²) in [5, 5.41) is 0. The van der Waals surface area contributed by atoms with Gasteiger partial charge in [-0.15, -0.1) is 0 Å². The first kappa shape index (κ1) is 20.0. The van der Waals surface area contributed by atoms with Crippen LogP contribution < -0.4 is 4.90 Å². The smallest absolute Gasteiger partial charge is 0.193 e. The molecule has 1 heterocycles. The van der Waals surface area contributed by atoms with Gasteiger partial charge in [0.2, 0.25) is 0 Å². The van der Waals surface area contributed by atoms with Crippen molar-refractivity contribution in [1.82, 2.24) is 0 Å². The number of nitrogens with zero attached hydrogens (tertiary/aromatic N) is 1. The molecule has 0 saturated heterocycles. The molecule has 0 spiro atoms. The number of carbonyl (C=O) groups excluding carboxylic acids is 1. The summed E-state index contributed by atoms with van der Waals surface area (Å²) in [6.07, 6.45) is 0. The van der Waals surface area contributed by atoms with Crippen LogP contribution in [0.5, 0.6) is 0 Å². The molecule has 0 N–H and O–H groups in total. The Labute approximate surface area is 195 Å². The molecule has 0 unspecified atom stereocenters. The summed E-state index contributed by atoms with van der Waals surface area (Å²) in [5.41, 5.74) is 9.42. The average molecular weight is 430 g/mol. The molecule has 6 rings (SSSR count). The summed E-state index contributed by atoms with van der Waals surface area (Å²) >= 11 is 0. The fraction of sp³-hybridized carbons (Fsp3) is 0.194. The van der Waals surface area contributed by atoms with Crippen molar-refractivity contribution >= 4 is 22.8 Å². The van der Waals surface area contributed by atoms with Gasteiger partial charge in [-0.05, 0) is 46.5 Å². The molecule has 162 valence electrons. The second-order valence-electron chi connectivity index (χ2n) is 10.2. The van der Waals surface area contributed by atoms with E-state index < -0.39 is 0 Å². The third kappa shape index (κ3) is 2.64. The summed E-state index contributed by atoms with van der Waals surface area (Å²) in [5.74, 6) is 0.112. The SMILES string of the molecule is CC1(C)c2ccccc2C(=O)c2cc(N3c4ccccc4C(C)(C)c4ccccc43)ccc21. The van der Waals surface area contributed by atoms with E-state index in [9.17, 15) is 4.79 Å². The van der Waals surface area contributed by atoms with Crippen LogP contribution in [0.2, 0.25) is 0 Å². The number of ketones is 1. The summed E-state index contributed by atoms with van der Waals surface area (Å²) in [6, 6.07) is 31.7. The number of para-hydroxylation sites is 2. The number of hydrogen-bond acceptors (Lipinski definition) is 2. The fourth-order valence-corrected chi connectivity index (χ4v) is 5.87. The summed E-state index contributed by atoms with van der Waals surface area (Å²) < 4.78 is 0. The van der Waals surface area contributed by atoms with Gasteiger partial charge in [0.05, 0.1) is 11.4 Å². The molecule has 2 nitrogen and oxygen atoms in total. The molecular formula is C31H27NO. The zero-order chi connectivity index (χ0) is 23.0. The number of anilines is 3. The second-order valence-corrected chi connectivity index (χ2v) is 10.2. The summed E-state index contributed by atoms with van der Waals surface area (Å²) in [4.78, 5) is 15.9. The Balaban J connectivity index is 1.59. The molecule has 2 heteroatoms. The highest BCUT2D eigenvalue weighted by Gasteiger charge is 2.39. The third-order valence-electron chi connectivity index (χ3n) is 7.66. The summed E-state index contributed by atoms with van der Waals surface area (Å²) in [7, 11) is 0. The maximum absolute atomic E-state index is 13.6. The largest absolute Gasteiger partial charge is 0.310 e. The van der Waals surface area contributed by atoms with Gasteiger partial charge < -0.3 is 4.90 Å². The highest BCUT2D eigenvalue weighted by atomic mass is 16.1. The molecule has 2 aliphatic rings. The fourth-order valence-electron chi connectivity index (χ4n) is 5.87. The molecule has 33 heavy (non-hydrogen) atoms. The Morgan fingerprint density at radius 3 is 1.67 bits per heavy atom. The van der Waals surface area contributed by atoms with E-state index in [4.69, 9.17) is 0 Å². The van der Waals surface area contributed by atoms with Crippen molar-refractivity contribution in [2.75, 3.05) is 4.90 Å². The van der Waals surface area contributed by atoms with Crippen LogP contribution in [0.25, 0.3) is 0 Å². The Bertz CT molecular complexity index is 1390. The highest BCUT2D eigenvalue weighted by molar-refractivity contribution is 6.13. The van der Waals surface area contributed by atoms with Crippen LogP contribution in [-0.4, -0.2) is 5.78 Å². The van der Waals surface area contributed by atoms with Crippen molar-refractivity contribution in [3.05, 3.63) is 124 Å². The van der Waals surface area contributed by atoms with Crippen LogP contribution in [0.4, 0.5) is 17.1 Å². The van der Waals surface area contributed by atoms with E-state index in [0.29, 0.717) is 0 Å². The lowest BCUT2D eigenvalue weighted by molar-refractivity contribution is 0.103. The van der Waals surface area contributed by atoms with E-state index in [1.54, 1.807) is 0 Å². The van der Waals surface area contributed by atoms with E-state index in [1.807, 2.05) is 18.2 Å². The van der Waals surface area contributed by atoms with Crippen molar-refractivity contribution in [1.29, 1.82) is 0 Å². The van der Waals surface area contributed by atoms with Crippen molar-refractivity contribution < 1.29 is 4.79 Å². The average Bonchev–Trinajstić information content (AvgIpc) is 2.83. The molecule has 1 aliphatic heterocycles. The Morgan fingerprint density at radius 2 is 1.03 bits per heavy atom. The van der Waals surface area contributed by atoms with Gasteiger partial charge in [-0.3, -0.25) is 4.79 Å². The molecule has 0 amide bonds. The third-order valence-corrected chi connectivity index (χ3v) is 7.66. The van der Waals surface area contributed by atoms with Crippen molar-refractivity contribution in [3.8, 4) is 0 Å². The lowest BCUT2D eigenvalue weighted by Gasteiger charge is -2.42. The monoisotopic (exact) mass is 429 g/mol. The van der Waals surface area contributed by atoms with E-state index in [2.05, 4.69) is 105 Å². The lowest BCUT2D eigenvalue weighted by atomic mass is 9.68. The van der Waals surface area contributed by atoms with Gasteiger partial charge in [-0.2, -0.15) is 0 Å². The number of fused-ring (bicyclic) bond motifs is 4. The number of benzene rings is 4. The molecule has 1 aliphatic carbocycles. The van der Waals surface area contributed by atoms with Gasteiger partial charge in [0, 0.05) is 27.6 Å². The Morgan fingerprint density at radius 1 is 0.545 bits per heavy atom. The van der Waals surface area contributed by atoms with Gasteiger partial charge >= 0.3 is 0 Å². The summed E-state index contributed by atoms with van der Waals surface area (Å²) in [6.45, 7) is 9.01. The van der Waals surface area contributed by atoms with Crippen LogP contribution >= 0.6 is 0 Å². The van der Waals surface area contributed by atoms with Crippen LogP contribution in [0.15, 0.2) is 91.0 Å². The van der Waals surface area contributed by atoms with Gasteiger partial charge in [0.1, 0.15) is 0 Å². The minimum Gasteiger partial charge on any atom is -0.310 e. The van der Waals surface area contributed by atoms with Gasteiger partial charge in [-0.25, -0.2) is 0 Å². The molecule has 4 aromatic carbocycles. The van der Waals surface area contributed by atoms with Gasteiger partial charge in [0.15, 0.2) is 5.78 Å². The minimum absolute atomic E-state index is 0.103. The van der Waals surface area contributed by atoms with E-state index in [-0.39, 0.29) is 16.6 Å². The standard InChI is InChI=1S/C31H27NO/c1-30(2)23-12-6-5-11-21(23)29(33)22-19-20(17-18-24(22)30)32-27-15-9-7-13-25(27)31(3,4)26-14-8-10-16-28(26)32/h5-19H,1-4H3. The Kier molecular flexibility index (Phi) is 4.05. The van der Waals surface area contributed by atoms with Crippen molar-refractivity contribution in [3.63, 3.8) is 0 Å². The van der Waals surface area contributed by atoms with E-state index in [0.717, 1.165) is 27.9 Å². The maximum Gasteiger partial charge on any atom is 0.193 e. The van der Waals surface area contributed by atoms with Crippen LogP contribution in [0.1, 0.15) is 65.9 Å². The number of carbonyl (C=O) groups is 1. The van der Waals surface area contributed by atoms with Gasteiger partial charge in [-0.1, -0.05) is 94.4 Å². The first-order chi connectivity index (χ1) is 15.8. The first-order valence-electron chi connectivity index (χ1n) is 11.6. The quantitative estimate of drug-likeness (QED) is 0.309. The topological polar surface area (TPSA) is 20.3 Å². The molecule has 4 aromatic rings. The minimum atomic E-state index is -0.224. The van der Waals surface area contributed by atoms with Crippen LogP contribution in [-0.2, 0) is 10.8 Å². The normalized spacial score (nSPS) is 17.0. The van der Waals surface area contributed by atoms with E-state index in [1.165, 1.54) is 22.5 Å². The van der Waals surface area contributed by atoms with Crippen molar-refractivity contribution in [2.24, 2.45) is 0 Å². The zero-order valence-corrected chi connectivity index (χ0v) is 19.5. The van der Waals surface area contributed by atoms with E-state index >= 15 is 0 Å². The van der Waals surface area contributed by atoms with Crippen molar-refractivity contribution in [2.45, 2.75) is 38.5 Å². The molecule has 0 fully saturated rings. The lowest BCUT2D eigenvalue weighted by Crippen LogP contribution is -2.32. The maximum atomic E-state index is 13.6. The molecular weight excluding hydrogens is 402 g/mol. The number of rotatable bonds is 1. The molecule has 0 radical (unpaired) electrons. The molecule has 0 atom stereocenters.